The second kappa shape index (κ2) is 8.75. The summed E-state index contributed by atoms with van der Waals surface area (Å²) in [6.45, 7) is 4.14. The molecule has 0 saturated heterocycles. The van der Waals surface area contributed by atoms with Crippen LogP contribution < -0.4 is 0 Å². The highest BCUT2D eigenvalue weighted by Gasteiger charge is 2.13. The molecular formula is C16H19NO4. The van der Waals surface area contributed by atoms with Crippen LogP contribution >= 0.6 is 0 Å². The SMILES string of the molecule is CCOC(=O)CCc1ccc(C(=O)OCC)c(CC#N)c1. The zero-order valence-electron chi connectivity index (χ0n) is 12.3. The molecule has 5 heteroatoms. The maximum absolute atomic E-state index is 11.8. The van der Waals surface area contributed by atoms with E-state index in [2.05, 4.69) is 0 Å². The fraction of sp³-hybridized carbons (Fsp3) is 0.438. The van der Waals surface area contributed by atoms with E-state index in [1.807, 2.05) is 6.07 Å². The molecule has 1 aromatic carbocycles. The van der Waals surface area contributed by atoms with Gasteiger partial charge in [-0.3, -0.25) is 4.79 Å². The first-order valence-corrected chi connectivity index (χ1v) is 6.93. The van der Waals surface area contributed by atoms with Gasteiger partial charge in [-0.05, 0) is 37.5 Å². The number of ether oxygens (including phenoxy) is 2. The van der Waals surface area contributed by atoms with E-state index in [1.54, 1.807) is 32.0 Å². The molecule has 0 N–H and O–H groups in total. The van der Waals surface area contributed by atoms with Gasteiger partial charge < -0.3 is 9.47 Å². The minimum absolute atomic E-state index is 0.126. The highest BCUT2D eigenvalue weighted by molar-refractivity contribution is 5.91. The Hall–Kier alpha value is -2.35. The molecule has 0 atom stereocenters. The van der Waals surface area contributed by atoms with Gasteiger partial charge in [0.25, 0.3) is 0 Å². The smallest absolute Gasteiger partial charge is 0.338 e. The molecule has 112 valence electrons. The largest absolute Gasteiger partial charge is 0.466 e. The molecule has 0 heterocycles. The Bertz CT molecular complexity index is 546. The van der Waals surface area contributed by atoms with Crippen molar-refractivity contribution in [1.82, 2.24) is 0 Å². The molecule has 0 spiro atoms. The molecule has 1 rings (SSSR count). The lowest BCUT2D eigenvalue weighted by Crippen LogP contribution is -2.09. The molecule has 0 saturated carbocycles. The van der Waals surface area contributed by atoms with Crippen molar-refractivity contribution in [2.24, 2.45) is 0 Å². The van der Waals surface area contributed by atoms with Crippen molar-refractivity contribution in [3.8, 4) is 6.07 Å². The number of aryl methyl sites for hydroxylation is 1. The van der Waals surface area contributed by atoms with Crippen molar-refractivity contribution in [2.45, 2.75) is 33.1 Å². The molecule has 0 fully saturated rings. The van der Waals surface area contributed by atoms with Crippen LogP contribution in [0.15, 0.2) is 18.2 Å². The average Bonchev–Trinajstić information content (AvgIpc) is 2.46. The van der Waals surface area contributed by atoms with Crippen LogP contribution in [-0.4, -0.2) is 25.2 Å². The summed E-state index contributed by atoms with van der Waals surface area (Å²) in [4.78, 5) is 23.1. The fourth-order valence-corrected chi connectivity index (χ4v) is 1.92. The lowest BCUT2D eigenvalue weighted by atomic mass is 9.99. The molecule has 5 nitrogen and oxygen atoms in total. The van der Waals surface area contributed by atoms with Gasteiger partial charge in [-0.2, -0.15) is 5.26 Å². The molecule has 0 radical (unpaired) electrons. The van der Waals surface area contributed by atoms with Gasteiger partial charge in [0.15, 0.2) is 0 Å². The highest BCUT2D eigenvalue weighted by Crippen LogP contribution is 2.16. The van der Waals surface area contributed by atoms with E-state index < -0.39 is 5.97 Å². The Kier molecular flexibility index (Phi) is 6.96. The summed E-state index contributed by atoms with van der Waals surface area (Å²) >= 11 is 0. The van der Waals surface area contributed by atoms with Gasteiger partial charge >= 0.3 is 11.9 Å². The number of rotatable bonds is 7. The van der Waals surface area contributed by atoms with Crippen LogP contribution in [0.3, 0.4) is 0 Å². The minimum atomic E-state index is -0.431. The highest BCUT2D eigenvalue weighted by atomic mass is 16.5. The van der Waals surface area contributed by atoms with Gasteiger partial charge in [0, 0.05) is 6.42 Å². The summed E-state index contributed by atoms with van der Waals surface area (Å²) in [7, 11) is 0. The Morgan fingerprint density at radius 1 is 1.19 bits per heavy atom. The summed E-state index contributed by atoms with van der Waals surface area (Å²) in [6, 6.07) is 7.22. The van der Waals surface area contributed by atoms with Crippen molar-refractivity contribution < 1.29 is 19.1 Å². The van der Waals surface area contributed by atoms with Crippen molar-refractivity contribution >= 4 is 11.9 Å². The molecule has 0 unspecified atom stereocenters. The number of benzene rings is 1. The number of carbonyl (C=O) groups excluding carboxylic acids is 2. The van der Waals surface area contributed by atoms with Gasteiger partial charge in [0.2, 0.25) is 0 Å². The predicted molar refractivity (Wildman–Crippen MR) is 76.7 cm³/mol. The number of hydrogen-bond acceptors (Lipinski definition) is 5. The second-order valence-electron chi connectivity index (χ2n) is 4.35. The van der Waals surface area contributed by atoms with Crippen LogP contribution in [-0.2, 0) is 27.1 Å². The van der Waals surface area contributed by atoms with Crippen LogP contribution in [0.4, 0.5) is 0 Å². The van der Waals surface area contributed by atoms with Crippen LogP contribution in [0.5, 0.6) is 0 Å². The number of carbonyl (C=O) groups is 2. The monoisotopic (exact) mass is 289 g/mol. The van der Waals surface area contributed by atoms with Crippen molar-refractivity contribution in [3.05, 3.63) is 34.9 Å². The van der Waals surface area contributed by atoms with Gasteiger partial charge in [-0.25, -0.2) is 4.79 Å². The third kappa shape index (κ3) is 5.27. The minimum Gasteiger partial charge on any atom is -0.466 e. The summed E-state index contributed by atoms with van der Waals surface area (Å²) in [6.07, 6.45) is 0.917. The standard InChI is InChI=1S/C16H19NO4/c1-3-20-15(18)8-6-12-5-7-14(16(19)21-4-2)13(11-12)9-10-17/h5,7,11H,3-4,6,8-9H2,1-2H3. The summed E-state index contributed by atoms with van der Waals surface area (Å²) in [5.41, 5.74) is 1.91. The summed E-state index contributed by atoms with van der Waals surface area (Å²) < 4.78 is 9.83. The maximum Gasteiger partial charge on any atom is 0.338 e. The normalized spacial score (nSPS) is 9.76. The van der Waals surface area contributed by atoms with Gasteiger partial charge in [0.1, 0.15) is 0 Å². The van der Waals surface area contributed by atoms with E-state index in [-0.39, 0.29) is 25.4 Å². The third-order valence-corrected chi connectivity index (χ3v) is 2.86. The van der Waals surface area contributed by atoms with Gasteiger partial charge in [0.05, 0.1) is 31.3 Å². The van der Waals surface area contributed by atoms with Crippen molar-refractivity contribution in [1.29, 1.82) is 5.26 Å². The molecule has 21 heavy (non-hydrogen) atoms. The van der Waals surface area contributed by atoms with Gasteiger partial charge in [-0.15, -0.1) is 0 Å². The first kappa shape index (κ1) is 16.7. The number of nitrogens with zero attached hydrogens (tertiary/aromatic N) is 1. The third-order valence-electron chi connectivity index (χ3n) is 2.86. The number of nitriles is 1. The van der Waals surface area contributed by atoms with E-state index in [4.69, 9.17) is 14.7 Å². The maximum atomic E-state index is 11.8. The predicted octanol–water partition coefficient (Wildman–Crippen LogP) is 2.43. The lowest BCUT2D eigenvalue weighted by molar-refractivity contribution is -0.143. The Morgan fingerprint density at radius 2 is 1.90 bits per heavy atom. The fourth-order valence-electron chi connectivity index (χ4n) is 1.92. The van der Waals surface area contributed by atoms with Crippen LogP contribution in [0.1, 0.15) is 41.8 Å². The van der Waals surface area contributed by atoms with E-state index in [0.29, 0.717) is 24.2 Å². The first-order valence-electron chi connectivity index (χ1n) is 6.93. The van der Waals surface area contributed by atoms with E-state index in [9.17, 15) is 9.59 Å². The van der Waals surface area contributed by atoms with Gasteiger partial charge in [-0.1, -0.05) is 12.1 Å². The number of esters is 2. The molecule has 0 bridgehead atoms. The Morgan fingerprint density at radius 3 is 2.52 bits per heavy atom. The van der Waals surface area contributed by atoms with Crippen molar-refractivity contribution in [2.75, 3.05) is 13.2 Å². The Labute approximate surface area is 124 Å². The van der Waals surface area contributed by atoms with E-state index in [0.717, 1.165) is 5.56 Å². The number of hydrogen-bond donors (Lipinski definition) is 0. The quantitative estimate of drug-likeness (QED) is 0.720. The van der Waals surface area contributed by atoms with Crippen LogP contribution in [0, 0.1) is 11.3 Å². The zero-order valence-corrected chi connectivity index (χ0v) is 12.3. The molecular weight excluding hydrogens is 270 g/mol. The van der Waals surface area contributed by atoms with Crippen LogP contribution in [0.25, 0.3) is 0 Å². The molecule has 0 amide bonds. The molecule has 1 aromatic rings. The summed E-state index contributed by atoms with van der Waals surface area (Å²) in [5.74, 6) is -0.687. The zero-order chi connectivity index (χ0) is 15.7. The molecule has 0 aliphatic rings. The molecule has 0 aliphatic heterocycles. The molecule has 0 aromatic heterocycles. The summed E-state index contributed by atoms with van der Waals surface area (Å²) in [5, 5.41) is 8.86. The lowest BCUT2D eigenvalue weighted by Gasteiger charge is -2.09. The first-order chi connectivity index (χ1) is 10.1. The van der Waals surface area contributed by atoms with Crippen molar-refractivity contribution in [3.63, 3.8) is 0 Å². The van der Waals surface area contributed by atoms with E-state index in [1.165, 1.54) is 0 Å². The topological polar surface area (TPSA) is 76.4 Å². The average molecular weight is 289 g/mol. The van der Waals surface area contributed by atoms with Crippen LogP contribution in [0.2, 0.25) is 0 Å². The molecule has 0 aliphatic carbocycles. The second-order valence-corrected chi connectivity index (χ2v) is 4.35. The Balaban J connectivity index is 2.85. The van der Waals surface area contributed by atoms with E-state index >= 15 is 0 Å².